The van der Waals surface area contributed by atoms with E-state index in [1.165, 1.54) is 44.9 Å². The first-order valence-electron chi connectivity index (χ1n) is 11.3. The van der Waals surface area contributed by atoms with Gasteiger partial charge in [0.15, 0.2) is 17.4 Å². The highest BCUT2D eigenvalue weighted by molar-refractivity contribution is 7.99. The van der Waals surface area contributed by atoms with E-state index < -0.39 is 22.8 Å². The molecule has 0 unspecified atom stereocenters. The number of hydrogen-bond donors (Lipinski definition) is 0. The van der Waals surface area contributed by atoms with E-state index >= 15 is 4.39 Å². The largest absolute Gasteiger partial charge is 0.453 e. The number of unbranched alkanes of at least 4 members (excludes halogenated alkanes) is 9. The fourth-order valence-corrected chi connectivity index (χ4v) is 4.49. The molecule has 0 atom stereocenters. The fourth-order valence-electron chi connectivity index (χ4n) is 3.45. The van der Waals surface area contributed by atoms with Crippen molar-refractivity contribution in [1.29, 1.82) is 10.5 Å². The number of benzene rings is 2. The number of nitrogens with zero attached hydrogens (tertiary/aromatic N) is 2. The second kappa shape index (κ2) is 14.5. The lowest BCUT2D eigenvalue weighted by Crippen LogP contribution is -2.03. The van der Waals surface area contributed by atoms with E-state index in [0.29, 0.717) is 11.5 Å². The Balaban J connectivity index is 1.98. The van der Waals surface area contributed by atoms with Gasteiger partial charge in [0.2, 0.25) is 0 Å². The maximum atomic E-state index is 15.0. The zero-order valence-corrected chi connectivity index (χ0v) is 19.4. The van der Waals surface area contributed by atoms with Gasteiger partial charge in [0.25, 0.3) is 0 Å². The summed E-state index contributed by atoms with van der Waals surface area (Å²) in [7, 11) is 0. The predicted molar refractivity (Wildman–Crippen MR) is 125 cm³/mol. The highest BCUT2D eigenvalue weighted by Crippen LogP contribution is 2.41. The normalized spacial score (nSPS) is 10.5. The van der Waals surface area contributed by atoms with Crippen LogP contribution in [0, 0.1) is 34.3 Å². The second-order valence-corrected chi connectivity index (χ2v) is 8.81. The van der Waals surface area contributed by atoms with Crippen molar-refractivity contribution in [3.05, 3.63) is 53.1 Å². The summed E-state index contributed by atoms with van der Waals surface area (Å²) in [5, 5.41) is 18.5. The first-order valence-corrected chi connectivity index (χ1v) is 12.3. The van der Waals surface area contributed by atoms with E-state index in [9.17, 15) is 14.9 Å². The molecule has 170 valence electrons. The van der Waals surface area contributed by atoms with Gasteiger partial charge in [0, 0.05) is 0 Å². The Bertz CT molecular complexity index is 936. The van der Waals surface area contributed by atoms with Crippen molar-refractivity contribution < 1.29 is 13.5 Å². The van der Waals surface area contributed by atoms with Crippen molar-refractivity contribution in [3.8, 4) is 23.6 Å². The minimum absolute atomic E-state index is 0.0576. The third-order valence-corrected chi connectivity index (χ3v) is 6.37. The molecule has 0 aliphatic rings. The zero-order chi connectivity index (χ0) is 23.2. The molecule has 0 bridgehead atoms. The Kier molecular flexibility index (Phi) is 11.6. The first kappa shape index (κ1) is 25.7. The van der Waals surface area contributed by atoms with E-state index in [-0.39, 0.29) is 10.6 Å². The molecule has 2 aromatic rings. The molecule has 2 aromatic carbocycles. The molecule has 0 saturated heterocycles. The Labute approximate surface area is 194 Å². The molecule has 32 heavy (non-hydrogen) atoms. The highest BCUT2D eigenvalue weighted by atomic mass is 32.2. The molecule has 0 amide bonds. The summed E-state index contributed by atoms with van der Waals surface area (Å²) >= 11 is 1.13. The monoisotopic (exact) mass is 456 g/mol. The van der Waals surface area contributed by atoms with Crippen LogP contribution in [0.5, 0.6) is 11.5 Å². The van der Waals surface area contributed by atoms with Crippen molar-refractivity contribution in [3.63, 3.8) is 0 Å². The number of thioether (sulfide) groups is 1. The van der Waals surface area contributed by atoms with E-state index in [2.05, 4.69) is 6.92 Å². The van der Waals surface area contributed by atoms with E-state index in [1.807, 2.05) is 0 Å². The summed E-state index contributed by atoms with van der Waals surface area (Å²) < 4.78 is 35.6. The molecular formula is C26H30F2N2OS. The summed E-state index contributed by atoms with van der Waals surface area (Å²) in [5.41, 5.74) is -1.20. The van der Waals surface area contributed by atoms with Gasteiger partial charge in [-0.15, -0.1) is 11.8 Å². The van der Waals surface area contributed by atoms with Gasteiger partial charge in [-0.3, -0.25) is 0 Å². The van der Waals surface area contributed by atoms with Crippen molar-refractivity contribution >= 4 is 11.8 Å². The average molecular weight is 457 g/mol. The SMILES string of the molecule is CCCCCCCCCCCCSc1c(F)c(C#N)c(C#N)c(F)c1Oc1ccccc1. The summed E-state index contributed by atoms with van der Waals surface area (Å²) in [6, 6.07) is 11.7. The Hall–Kier alpha value is -2.57. The topological polar surface area (TPSA) is 56.8 Å². The molecule has 2 rings (SSSR count). The van der Waals surface area contributed by atoms with Crippen LogP contribution >= 0.6 is 11.8 Å². The molecule has 0 aliphatic heterocycles. The molecule has 0 fully saturated rings. The molecule has 0 saturated carbocycles. The van der Waals surface area contributed by atoms with Gasteiger partial charge >= 0.3 is 0 Å². The van der Waals surface area contributed by atoms with Crippen LogP contribution in [0.2, 0.25) is 0 Å². The van der Waals surface area contributed by atoms with E-state index in [0.717, 1.165) is 31.0 Å². The van der Waals surface area contributed by atoms with Crippen molar-refractivity contribution in [2.24, 2.45) is 0 Å². The van der Waals surface area contributed by atoms with Crippen LogP contribution in [0.4, 0.5) is 8.78 Å². The predicted octanol–water partition coefficient (Wildman–Crippen LogP) is 8.51. The minimum atomic E-state index is -1.00. The lowest BCUT2D eigenvalue weighted by atomic mass is 10.1. The van der Waals surface area contributed by atoms with Crippen LogP contribution in [0.15, 0.2) is 35.2 Å². The quantitative estimate of drug-likeness (QED) is 0.211. The maximum absolute atomic E-state index is 15.0. The third kappa shape index (κ3) is 7.53. The van der Waals surface area contributed by atoms with Gasteiger partial charge in [-0.05, 0) is 24.3 Å². The molecule has 6 heteroatoms. The van der Waals surface area contributed by atoms with Crippen LogP contribution in [-0.2, 0) is 0 Å². The molecule has 0 aromatic heterocycles. The average Bonchev–Trinajstić information content (AvgIpc) is 2.81. The molecule has 0 N–H and O–H groups in total. The van der Waals surface area contributed by atoms with Crippen molar-refractivity contribution in [2.75, 3.05) is 5.75 Å². The molecule has 0 radical (unpaired) electrons. The summed E-state index contributed by atoms with van der Waals surface area (Å²) in [4.78, 5) is -0.0576. The van der Waals surface area contributed by atoms with Crippen molar-refractivity contribution in [2.45, 2.75) is 76.0 Å². The van der Waals surface area contributed by atoms with Crippen LogP contribution in [-0.4, -0.2) is 5.75 Å². The first-order chi connectivity index (χ1) is 15.6. The minimum Gasteiger partial charge on any atom is -0.453 e. The standard InChI is InChI=1S/C26H30F2N2OS/c1-2-3-4-5-6-7-8-9-10-14-17-32-26-24(28)22(19-30)21(18-29)23(27)25(26)31-20-15-12-11-13-16-20/h11-13,15-16H,2-10,14,17H2,1H3. The van der Waals surface area contributed by atoms with Gasteiger partial charge in [0.1, 0.15) is 29.0 Å². The van der Waals surface area contributed by atoms with Crippen molar-refractivity contribution in [1.82, 2.24) is 0 Å². The third-order valence-electron chi connectivity index (χ3n) is 5.22. The maximum Gasteiger partial charge on any atom is 0.186 e. The molecule has 0 heterocycles. The van der Waals surface area contributed by atoms with Gasteiger partial charge < -0.3 is 4.74 Å². The molecular weight excluding hydrogens is 426 g/mol. The van der Waals surface area contributed by atoms with Gasteiger partial charge in [0.05, 0.1) is 4.90 Å². The Morgan fingerprint density at radius 2 is 1.31 bits per heavy atom. The zero-order valence-electron chi connectivity index (χ0n) is 18.6. The number of halogens is 2. The van der Waals surface area contributed by atoms with Gasteiger partial charge in [-0.25, -0.2) is 8.78 Å². The lowest BCUT2D eigenvalue weighted by Gasteiger charge is -2.15. The van der Waals surface area contributed by atoms with Gasteiger partial charge in [-0.2, -0.15) is 10.5 Å². The number of nitriles is 2. The van der Waals surface area contributed by atoms with E-state index in [4.69, 9.17) is 4.74 Å². The highest BCUT2D eigenvalue weighted by Gasteiger charge is 2.26. The summed E-state index contributed by atoms with van der Waals surface area (Å²) in [6.07, 6.45) is 11.9. The second-order valence-electron chi connectivity index (χ2n) is 7.71. The van der Waals surface area contributed by atoms with Crippen LogP contribution in [0.25, 0.3) is 0 Å². The lowest BCUT2D eigenvalue weighted by molar-refractivity contribution is 0.418. The summed E-state index contributed by atoms with van der Waals surface area (Å²) in [6.45, 7) is 2.22. The molecule has 0 aliphatic carbocycles. The summed E-state index contributed by atoms with van der Waals surface area (Å²) in [5.74, 6) is -1.32. The molecule has 3 nitrogen and oxygen atoms in total. The fraction of sp³-hybridized carbons (Fsp3) is 0.462. The van der Waals surface area contributed by atoms with Crippen LogP contribution < -0.4 is 4.74 Å². The smallest absolute Gasteiger partial charge is 0.186 e. The molecule has 0 spiro atoms. The number of hydrogen-bond acceptors (Lipinski definition) is 4. The number of para-hydroxylation sites is 1. The number of rotatable bonds is 14. The Morgan fingerprint density at radius 3 is 1.88 bits per heavy atom. The van der Waals surface area contributed by atoms with Crippen LogP contribution in [0.3, 0.4) is 0 Å². The van der Waals surface area contributed by atoms with Crippen LogP contribution in [0.1, 0.15) is 82.3 Å². The van der Waals surface area contributed by atoms with E-state index in [1.54, 1.807) is 42.5 Å². The Morgan fingerprint density at radius 1 is 0.781 bits per heavy atom. The van der Waals surface area contributed by atoms with Gasteiger partial charge in [-0.1, -0.05) is 82.9 Å². The number of ether oxygens (including phenoxy) is 1.